The lowest BCUT2D eigenvalue weighted by molar-refractivity contribution is -0.114. The van der Waals surface area contributed by atoms with Crippen molar-refractivity contribution >= 4 is 34.8 Å². The Hall–Kier alpha value is -3.28. The number of fused-ring (bicyclic) bond motifs is 2. The molecular weight excluding hydrogens is 368 g/mol. The normalized spacial score (nSPS) is 15.3. The molecule has 2 aliphatic rings. The fraction of sp³-hybridized carbons (Fsp3) is 0.304. The van der Waals surface area contributed by atoms with Crippen molar-refractivity contribution in [2.75, 3.05) is 22.9 Å². The molecule has 0 saturated heterocycles. The summed E-state index contributed by atoms with van der Waals surface area (Å²) in [6.07, 6.45) is 4.47. The first-order valence-corrected chi connectivity index (χ1v) is 10.00. The van der Waals surface area contributed by atoms with E-state index in [-0.39, 0.29) is 0 Å². The van der Waals surface area contributed by atoms with E-state index >= 15 is 0 Å². The molecule has 2 aromatic carbocycles. The molecule has 2 heterocycles. The van der Waals surface area contributed by atoms with Gasteiger partial charge in [-0.3, -0.25) is 19.2 Å². The Labute approximate surface area is 169 Å². The first kappa shape index (κ1) is 19.1. The lowest BCUT2D eigenvalue weighted by Gasteiger charge is -2.17. The van der Waals surface area contributed by atoms with E-state index in [9.17, 15) is 19.2 Å². The Bertz CT molecular complexity index is 918. The predicted octanol–water partition coefficient (Wildman–Crippen LogP) is 3.40. The van der Waals surface area contributed by atoms with E-state index in [2.05, 4.69) is 0 Å². The van der Waals surface area contributed by atoms with Crippen molar-refractivity contribution in [3.8, 4) is 0 Å². The smallest absolute Gasteiger partial charge is 0.299 e. The molecule has 0 saturated carbocycles. The maximum atomic E-state index is 12.1. The summed E-state index contributed by atoms with van der Waals surface area (Å²) >= 11 is 0. The number of rotatable bonds is 8. The standard InChI is InChI=1S/C23H22N2O4/c26-20-16-10-4-6-12-18(16)24(22(20)28)14-8-2-1-3-9-15-25-19-13-7-5-11-17(19)21(27)23(25)29/h4-7,10-13H,1-3,8-9,14-15H2. The van der Waals surface area contributed by atoms with Crippen molar-refractivity contribution in [2.24, 2.45) is 0 Å². The average Bonchev–Trinajstić information content (AvgIpc) is 3.13. The first-order chi connectivity index (χ1) is 14.1. The van der Waals surface area contributed by atoms with E-state index in [0.29, 0.717) is 35.6 Å². The van der Waals surface area contributed by atoms with Crippen LogP contribution >= 0.6 is 0 Å². The lowest BCUT2D eigenvalue weighted by atomic mass is 10.1. The number of hydrogen-bond acceptors (Lipinski definition) is 4. The minimum absolute atomic E-state index is 0.425. The monoisotopic (exact) mass is 390 g/mol. The van der Waals surface area contributed by atoms with Crippen LogP contribution in [0, 0.1) is 0 Å². The molecule has 4 rings (SSSR count). The zero-order valence-corrected chi connectivity index (χ0v) is 16.1. The van der Waals surface area contributed by atoms with Gasteiger partial charge in [-0.05, 0) is 37.1 Å². The van der Waals surface area contributed by atoms with Crippen LogP contribution in [0.4, 0.5) is 11.4 Å². The number of hydrogen-bond donors (Lipinski definition) is 0. The number of unbranched alkanes of at least 4 members (excludes halogenated alkanes) is 4. The van der Waals surface area contributed by atoms with E-state index in [1.54, 1.807) is 34.1 Å². The second-order valence-corrected chi connectivity index (χ2v) is 7.37. The van der Waals surface area contributed by atoms with Gasteiger partial charge in [0.2, 0.25) is 0 Å². The van der Waals surface area contributed by atoms with E-state index in [1.807, 2.05) is 24.3 Å². The molecular formula is C23H22N2O4. The molecule has 2 amide bonds. The van der Waals surface area contributed by atoms with Gasteiger partial charge in [-0.2, -0.15) is 0 Å². The molecule has 0 atom stereocenters. The molecule has 6 nitrogen and oxygen atoms in total. The highest BCUT2D eigenvalue weighted by Gasteiger charge is 2.35. The zero-order chi connectivity index (χ0) is 20.4. The first-order valence-electron chi connectivity index (χ1n) is 10.00. The molecule has 0 bridgehead atoms. The van der Waals surface area contributed by atoms with Crippen molar-refractivity contribution in [2.45, 2.75) is 32.1 Å². The number of carbonyl (C=O) groups is 4. The summed E-state index contributed by atoms with van der Waals surface area (Å²) in [5.41, 5.74) is 2.39. The quantitative estimate of drug-likeness (QED) is 0.511. The topological polar surface area (TPSA) is 74.8 Å². The van der Waals surface area contributed by atoms with E-state index in [4.69, 9.17) is 0 Å². The van der Waals surface area contributed by atoms with Gasteiger partial charge in [0.15, 0.2) is 0 Å². The van der Waals surface area contributed by atoms with Gasteiger partial charge in [-0.15, -0.1) is 0 Å². The number of carbonyl (C=O) groups excluding carboxylic acids is 4. The average molecular weight is 390 g/mol. The third-order valence-electron chi connectivity index (χ3n) is 5.52. The summed E-state index contributed by atoms with van der Waals surface area (Å²) in [7, 11) is 0. The highest BCUT2D eigenvalue weighted by Crippen LogP contribution is 2.30. The molecule has 2 aliphatic heterocycles. The molecule has 148 valence electrons. The van der Waals surface area contributed by atoms with Crippen LogP contribution in [-0.4, -0.2) is 36.5 Å². The van der Waals surface area contributed by atoms with Gasteiger partial charge >= 0.3 is 0 Å². The Morgan fingerprint density at radius 3 is 1.34 bits per heavy atom. The molecule has 0 N–H and O–H groups in total. The number of amides is 2. The Balaban J connectivity index is 1.20. The van der Waals surface area contributed by atoms with Gasteiger partial charge in [-0.25, -0.2) is 0 Å². The molecule has 0 spiro atoms. The Morgan fingerprint density at radius 1 is 0.517 bits per heavy atom. The second kappa shape index (κ2) is 7.99. The number of ketones is 2. The molecule has 0 radical (unpaired) electrons. The fourth-order valence-corrected chi connectivity index (χ4v) is 4.01. The molecule has 29 heavy (non-hydrogen) atoms. The Kier molecular flexibility index (Phi) is 5.25. The van der Waals surface area contributed by atoms with Gasteiger partial charge in [0.25, 0.3) is 23.4 Å². The van der Waals surface area contributed by atoms with Crippen molar-refractivity contribution < 1.29 is 19.2 Å². The maximum absolute atomic E-state index is 12.1. The van der Waals surface area contributed by atoms with Gasteiger partial charge in [0.1, 0.15) is 0 Å². The number of Topliss-reactive ketones (excluding diaryl/α,β-unsaturated/α-hetero) is 2. The highest BCUT2D eigenvalue weighted by atomic mass is 16.2. The van der Waals surface area contributed by atoms with Crippen LogP contribution in [0.3, 0.4) is 0 Å². The summed E-state index contributed by atoms with van der Waals surface area (Å²) < 4.78 is 0. The van der Waals surface area contributed by atoms with Crippen LogP contribution in [0.5, 0.6) is 0 Å². The lowest BCUT2D eigenvalue weighted by Crippen LogP contribution is -2.31. The molecule has 0 unspecified atom stereocenters. The minimum atomic E-state index is -0.443. The summed E-state index contributed by atoms with van der Waals surface area (Å²) in [6, 6.07) is 14.2. The summed E-state index contributed by atoms with van der Waals surface area (Å²) in [5, 5.41) is 0. The van der Waals surface area contributed by atoms with Crippen molar-refractivity contribution in [1.82, 2.24) is 0 Å². The molecule has 0 aliphatic carbocycles. The fourth-order valence-electron chi connectivity index (χ4n) is 4.01. The van der Waals surface area contributed by atoms with Crippen molar-refractivity contribution in [3.63, 3.8) is 0 Å². The summed E-state index contributed by atoms with van der Waals surface area (Å²) in [6.45, 7) is 1.07. The van der Waals surface area contributed by atoms with Gasteiger partial charge in [0.05, 0.1) is 22.5 Å². The largest absolute Gasteiger partial charge is 0.305 e. The third kappa shape index (κ3) is 3.46. The molecule has 2 aromatic rings. The van der Waals surface area contributed by atoms with Gasteiger partial charge < -0.3 is 9.80 Å². The van der Waals surface area contributed by atoms with E-state index in [0.717, 1.165) is 32.1 Å². The minimum Gasteiger partial charge on any atom is -0.305 e. The van der Waals surface area contributed by atoms with Crippen LogP contribution < -0.4 is 9.80 Å². The SMILES string of the molecule is O=C1C(=O)N(CCCCCCCN2C(=O)C(=O)c3ccccc32)c2ccccc21. The van der Waals surface area contributed by atoms with Crippen molar-refractivity contribution in [3.05, 3.63) is 59.7 Å². The summed E-state index contributed by atoms with van der Waals surface area (Å²) in [5.74, 6) is -1.74. The number of nitrogens with zero attached hydrogens (tertiary/aromatic N) is 2. The highest BCUT2D eigenvalue weighted by molar-refractivity contribution is 6.52. The number of para-hydroxylation sites is 2. The molecule has 0 fully saturated rings. The Morgan fingerprint density at radius 2 is 0.897 bits per heavy atom. The van der Waals surface area contributed by atoms with Crippen LogP contribution in [0.1, 0.15) is 52.8 Å². The van der Waals surface area contributed by atoms with Crippen LogP contribution in [0.2, 0.25) is 0 Å². The van der Waals surface area contributed by atoms with Gasteiger partial charge in [-0.1, -0.05) is 43.5 Å². The van der Waals surface area contributed by atoms with E-state index in [1.165, 1.54) is 0 Å². The molecule has 6 heteroatoms. The van der Waals surface area contributed by atoms with Crippen LogP contribution in [0.25, 0.3) is 0 Å². The second-order valence-electron chi connectivity index (χ2n) is 7.37. The third-order valence-corrected chi connectivity index (χ3v) is 5.52. The maximum Gasteiger partial charge on any atom is 0.299 e. The van der Waals surface area contributed by atoms with Crippen LogP contribution in [-0.2, 0) is 9.59 Å². The van der Waals surface area contributed by atoms with Gasteiger partial charge in [0, 0.05) is 13.1 Å². The number of anilines is 2. The van der Waals surface area contributed by atoms with Crippen molar-refractivity contribution in [1.29, 1.82) is 0 Å². The van der Waals surface area contributed by atoms with Crippen LogP contribution in [0.15, 0.2) is 48.5 Å². The number of benzene rings is 2. The zero-order valence-electron chi connectivity index (χ0n) is 16.1. The molecule has 0 aromatic heterocycles. The summed E-state index contributed by atoms with van der Waals surface area (Å²) in [4.78, 5) is 51.4. The predicted molar refractivity (Wildman–Crippen MR) is 109 cm³/mol. The van der Waals surface area contributed by atoms with E-state index < -0.39 is 23.4 Å².